The lowest BCUT2D eigenvalue weighted by atomic mass is 9.84. The van der Waals surface area contributed by atoms with Gasteiger partial charge in [-0.2, -0.15) is 12.6 Å². The van der Waals surface area contributed by atoms with Gasteiger partial charge in [-0.05, 0) is 47.0 Å². The van der Waals surface area contributed by atoms with Gasteiger partial charge in [0.25, 0.3) is 0 Å². The Balaban J connectivity index is 2.88. The van der Waals surface area contributed by atoms with Crippen LogP contribution < -0.4 is 10.6 Å². The molecule has 156 valence electrons. The maximum atomic E-state index is 12.8. The van der Waals surface area contributed by atoms with Crippen molar-refractivity contribution >= 4 is 30.6 Å². The molecular formula is C19H34N2O5S. The molecular weight excluding hydrogens is 368 g/mol. The van der Waals surface area contributed by atoms with E-state index in [9.17, 15) is 19.5 Å². The molecule has 1 aliphatic carbocycles. The minimum absolute atomic E-state index is 0.316. The van der Waals surface area contributed by atoms with Gasteiger partial charge in [0.1, 0.15) is 17.7 Å². The van der Waals surface area contributed by atoms with Crippen molar-refractivity contribution in [1.29, 1.82) is 0 Å². The molecule has 0 aromatic rings. The first-order chi connectivity index (χ1) is 12.3. The average Bonchev–Trinajstić information content (AvgIpc) is 2.49. The quantitative estimate of drug-likeness (QED) is 0.490. The van der Waals surface area contributed by atoms with Crippen LogP contribution in [-0.4, -0.2) is 45.5 Å². The largest absolute Gasteiger partial charge is 0.480 e. The predicted octanol–water partition coefficient (Wildman–Crippen LogP) is 3.13. The fourth-order valence-electron chi connectivity index (χ4n) is 3.22. The summed E-state index contributed by atoms with van der Waals surface area (Å²) in [4.78, 5) is 36.5. The summed E-state index contributed by atoms with van der Waals surface area (Å²) in [7, 11) is 0. The van der Waals surface area contributed by atoms with E-state index in [2.05, 4.69) is 23.3 Å². The van der Waals surface area contributed by atoms with E-state index in [-0.39, 0.29) is 0 Å². The summed E-state index contributed by atoms with van der Waals surface area (Å²) in [6, 6.07) is -2.02. The normalized spacial score (nSPS) is 18.3. The number of hydrogen-bond acceptors (Lipinski definition) is 5. The van der Waals surface area contributed by atoms with Crippen molar-refractivity contribution < 1.29 is 24.2 Å². The van der Waals surface area contributed by atoms with Crippen molar-refractivity contribution in [3.63, 3.8) is 0 Å². The predicted molar refractivity (Wildman–Crippen MR) is 107 cm³/mol. The summed E-state index contributed by atoms with van der Waals surface area (Å²) in [6.07, 6.45) is 5.17. The monoisotopic (exact) mass is 402 g/mol. The van der Waals surface area contributed by atoms with Crippen LogP contribution in [0.5, 0.6) is 0 Å². The summed E-state index contributed by atoms with van der Waals surface area (Å²) < 4.78 is 4.31. The summed E-state index contributed by atoms with van der Waals surface area (Å²) in [5.74, 6) is -1.38. The van der Waals surface area contributed by atoms with Crippen LogP contribution in [-0.2, 0) is 14.3 Å². The van der Waals surface area contributed by atoms with Gasteiger partial charge in [0.15, 0.2) is 0 Å². The van der Waals surface area contributed by atoms with Gasteiger partial charge in [-0.15, -0.1) is 0 Å². The molecule has 7 nitrogen and oxygen atoms in total. The molecule has 0 aromatic carbocycles. The lowest BCUT2D eigenvalue weighted by molar-refractivity contribution is -0.142. The Kier molecular flexibility index (Phi) is 8.45. The van der Waals surface area contributed by atoms with Crippen LogP contribution in [0.2, 0.25) is 0 Å². The van der Waals surface area contributed by atoms with Gasteiger partial charge in [-0.3, -0.25) is 4.79 Å². The number of carbonyl (C=O) groups is 3. The van der Waals surface area contributed by atoms with Crippen LogP contribution >= 0.6 is 12.6 Å². The highest BCUT2D eigenvalue weighted by Crippen LogP contribution is 2.28. The number of carboxylic acids is 1. The number of nitrogens with one attached hydrogen (secondary N) is 2. The Hall–Kier alpha value is -1.44. The van der Waals surface area contributed by atoms with Crippen LogP contribution in [0.4, 0.5) is 4.79 Å². The third-order valence-corrected chi connectivity index (χ3v) is 4.80. The van der Waals surface area contributed by atoms with Crippen LogP contribution in [0, 0.1) is 5.92 Å². The highest BCUT2D eigenvalue weighted by atomic mass is 32.1. The lowest BCUT2D eigenvalue weighted by Gasteiger charge is -2.31. The molecule has 1 fully saturated rings. The second-order valence-corrected chi connectivity index (χ2v) is 10.0. The molecule has 0 aromatic heterocycles. The summed E-state index contributed by atoms with van der Waals surface area (Å²) >= 11 is 4.28. The Labute approximate surface area is 167 Å². The molecule has 3 N–H and O–H groups in total. The van der Waals surface area contributed by atoms with E-state index < -0.39 is 40.4 Å². The topological polar surface area (TPSA) is 105 Å². The molecule has 1 aliphatic rings. The highest BCUT2D eigenvalue weighted by Gasteiger charge is 2.36. The van der Waals surface area contributed by atoms with E-state index in [1.807, 2.05) is 0 Å². The number of rotatable bonds is 7. The van der Waals surface area contributed by atoms with E-state index in [1.54, 1.807) is 34.6 Å². The van der Waals surface area contributed by atoms with Crippen LogP contribution in [0.3, 0.4) is 0 Å². The third kappa shape index (κ3) is 8.86. The molecule has 0 unspecified atom stereocenters. The van der Waals surface area contributed by atoms with Gasteiger partial charge in [-0.1, -0.05) is 32.1 Å². The molecule has 0 bridgehead atoms. The van der Waals surface area contributed by atoms with Crippen molar-refractivity contribution in [1.82, 2.24) is 10.6 Å². The van der Waals surface area contributed by atoms with Gasteiger partial charge in [0.2, 0.25) is 5.91 Å². The Morgan fingerprint density at radius 2 is 1.63 bits per heavy atom. The van der Waals surface area contributed by atoms with Crippen molar-refractivity contribution in [3.8, 4) is 0 Å². The van der Waals surface area contributed by atoms with Crippen LogP contribution in [0.1, 0.15) is 73.1 Å². The van der Waals surface area contributed by atoms with E-state index in [4.69, 9.17) is 4.74 Å². The Morgan fingerprint density at radius 1 is 1.07 bits per heavy atom. The molecule has 0 heterocycles. The van der Waals surface area contributed by atoms with Crippen molar-refractivity contribution in [2.75, 3.05) is 0 Å². The van der Waals surface area contributed by atoms with E-state index >= 15 is 0 Å². The van der Waals surface area contributed by atoms with Crippen molar-refractivity contribution in [2.45, 2.75) is 95.6 Å². The Bertz CT molecular complexity index is 533. The zero-order valence-electron chi connectivity index (χ0n) is 17.0. The molecule has 2 amide bonds. The highest BCUT2D eigenvalue weighted by molar-refractivity contribution is 7.81. The number of alkyl carbamates (subject to hydrolysis) is 1. The van der Waals surface area contributed by atoms with Crippen molar-refractivity contribution in [2.24, 2.45) is 5.92 Å². The zero-order chi connectivity index (χ0) is 20.8. The number of ether oxygens (including phenoxy) is 1. The smallest absolute Gasteiger partial charge is 0.408 e. The van der Waals surface area contributed by atoms with Crippen LogP contribution in [0.15, 0.2) is 0 Å². The first-order valence-corrected chi connectivity index (χ1v) is 9.99. The van der Waals surface area contributed by atoms with E-state index in [0.29, 0.717) is 12.3 Å². The lowest BCUT2D eigenvalue weighted by Crippen LogP contribution is -2.57. The average molecular weight is 403 g/mol. The maximum Gasteiger partial charge on any atom is 0.408 e. The fourth-order valence-corrected chi connectivity index (χ4v) is 3.40. The van der Waals surface area contributed by atoms with E-state index in [1.165, 1.54) is 6.42 Å². The first kappa shape index (κ1) is 23.6. The van der Waals surface area contributed by atoms with Crippen molar-refractivity contribution in [3.05, 3.63) is 0 Å². The minimum Gasteiger partial charge on any atom is -0.480 e. The number of carbonyl (C=O) groups excluding carboxylic acids is 2. The van der Waals surface area contributed by atoms with Gasteiger partial charge < -0.3 is 20.5 Å². The molecule has 0 radical (unpaired) electrons. The molecule has 0 spiro atoms. The summed E-state index contributed by atoms with van der Waals surface area (Å²) in [6.45, 7) is 8.46. The van der Waals surface area contributed by atoms with Gasteiger partial charge in [0, 0.05) is 4.75 Å². The second kappa shape index (κ2) is 9.66. The van der Waals surface area contributed by atoms with Gasteiger partial charge in [0.05, 0.1) is 0 Å². The molecule has 8 heteroatoms. The number of hydrogen-bond donors (Lipinski definition) is 4. The summed E-state index contributed by atoms with van der Waals surface area (Å²) in [5.41, 5.74) is -0.688. The number of carboxylic acid groups (broad SMARTS) is 1. The SMILES string of the molecule is CC(C)(C)OC(=O)N[C@@H](CC1CCCCC1)C(=O)N[C@H](C(=O)O)C(C)(C)S. The van der Waals surface area contributed by atoms with Crippen LogP contribution in [0.25, 0.3) is 0 Å². The number of aliphatic carboxylic acids is 1. The molecule has 27 heavy (non-hydrogen) atoms. The molecule has 1 rings (SSSR count). The standard InChI is InChI=1S/C19H34N2O5S/c1-18(2,3)26-17(25)20-13(11-12-9-7-6-8-10-12)15(22)21-14(16(23)24)19(4,5)27/h12-14,27H,6-11H2,1-5H3,(H,20,25)(H,21,22)(H,23,24)/t13-,14+/m0/s1. The van der Waals surface area contributed by atoms with Gasteiger partial charge >= 0.3 is 12.1 Å². The first-order valence-electron chi connectivity index (χ1n) is 9.54. The number of amides is 2. The minimum atomic E-state index is -1.18. The zero-order valence-corrected chi connectivity index (χ0v) is 17.9. The summed E-state index contributed by atoms with van der Waals surface area (Å²) in [5, 5.41) is 14.6. The second-order valence-electron chi connectivity index (χ2n) is 8.87. The molecule has 0 aliphatic heterocycles. The maximum absolute atomic E-state index is 12.8. The molecule has 2 atom stereocenters. The molecule has 1 saturated carbocycles. The van der Waals surface area contributed by atoms with Gasteiger partial charge in [-0.25, -0.2) is 9.59 Å². The van der Waals surface area contributed by atoms with E-state index in [0.717, 1.165) is 25.7 Å². The third-order valence-electron chi connectivity index (χ3n) is 4.54. The molecule has 0 saturated heterocycles. The fraction of sp³-hybridized carbons (Fsp3) is 0.842. The number of thiol groups is 1. The Morgan fingerprint density at radius 3 is 2.07 bits per heavy atom.